The summed E-state index contributed by atoms with van der Waals surface area (Å²) in [6.07, 6.45) is -0.0755. The van der Waals surface area contributed by atoms with Crippen molar-refractivity contribution >= 4 is 11.5 Å². The van der Waals surface area contributed by atoms with E-state index in [9.17, 15) is 13.2 Å². The Balaban J connectivity index is 2.00. The molecule has 0 radical (unpaired) electrons. The Morgan fingerprint density at radius 1 is 1.17 bits per heavy atom. The fourth-order valence-corrected chi connectivity index (χ4v) is 2.59. The summed E-state index contributed by atoms with van der Waals surface area (Å²) in [5, 5.41) is 3.26. The molecule has 0 amide bonds. The lowest BCUT2D eigenvalue weighted by Gasteiger charge is -2.25. The summed E-state index contributed by atoms with van der Waals surface area (Å²) >= 11 is 0. The Bertz CT molecular complexity index is 700. The molecule has 1 aliphatic rings. The molecule has 3 rings (SSSR count). The number of fused-ring (bicyclic) bond motifs is 1. The SMILES string of the molecule is CN1CCCCNc2nc(-c3cncc(C(F)(F)F)c3)ccc21. The number of nitrogens with zero attached hydrogens (tertiary/aromatic N) is 3. The number of nitrogens with one attached hydrogen (secondary N) is 1. The number of anilines is 2. The van der Waals surface area contributed by atoms with Crippen molar-refractivity contribution in [3.63, 3.8) is 0 Å². The van der Waals surface area contributed by atoms with Gasteiger partial charge in [0.2, 0.25) is 0 Å². The summed E-state index contributed by atoms with van der Waals surface area (Å²) in [5.74, 6) is 0.696. The highest BCUT2D eigenvalue weighted by atomic mass is 19.4. The molecule has 23 heavy (non-hydrogen) atoms. The molecule has 2 aromatic rings. The maximum Gasteiger partial charge on any atom is 0.417 e. The molecule has 0 unspecified atom stereocenters. The zero-order valence-electron chi connectivity index (χ0n) is 12.7. The molecule has 7 heteroatoms. The van der Waals surface area contributed by atoms with Gasteiger partial charge in [0.25, 0.3) is 0 Å². The van der Waals surface area contributed by atoms with E-state index < -0.39 is 11.7 Å². The number of hydrogen-bond donors (Lipinski definition) is 1. The van der Waals surface area contributed by atoms with Crippen molar-refractivity contribution in [2.24, 2.45) is 0 Å². The van der Waals surface area contributed by atoms with Gasteiger partial charge in [-0.3, -0.25) is 4.98 Å². The summed E-state index contributed by atoms with van der Waals surface area (Å²) < 4.78 is 38.5. The van der Waals surface area contributed by atoms with Gasteiger partial charge in [-0.1, -0.05) is 0 Å². The van der Waals surface area contributed by atoms with Gasteiger partial charge in [0, 0.05) is 38.1 Å². The van der Waals surface area contributed by atoms with Crippen LogP contribution in [0.15, 0.2) is 30.6 Å². The summed E-state index contributed by atoms with van der Waals surface area (Å²) in [5.41, 5.74) is 1.01. The summed E-state index contributed by atoms with van der Waals surface area (Å²) in [7, 11) is 1.99. The minimum atomic E-state index is -4.41. The van der Waals surface area contributed by atoms with Crippen molar-refractivity contribution in [1.82, 2.24) is 9.97 Å². The Kier molecular flexibility index (Phi) is 4.11. The van der Waals surface area contributed by atoms with E-state index in [1.165, 1.54) is 6.20 Å². The van der Waals surface area contributed by atoms with E-state index in [2.05, 4.69) is 20.2 Å². The van der Waals surface area contributed by atoms with Crippen molar-refractivity contribution in [3.8, 4) is 11.3 Å². The second kappa shape index (κ2) is 6.06. The van der Waals surface area contributed by atoms with Crippen LogP contribution in [0.4, 0.5) is 24.7 Å². The van der Waals surface area contributed by atoms with Crippen LogP contribution in [-0.2, 0) is 6.18 Å². The summed E-state index contributed by atoms with van der Waals surface area (Å²) in [6, 6.07) is 4.69. The maximum atomic E-state index is 12.8. The second-order valence-corrected chi connectivity index (χ2v) is 5.58. The van der Waals surface area contributed by atoms with E-state index in [0.29, 0.717) is 17.1 Å². The van der Waals surface area contributed by atoms with E-state index in [-0.39, 0.29) is 0 Å². The molecule has 1 N–H and O–H groups in total. The predicted octanol–water partition coefficient (Wildman–Crippen LogP) is 3.80. The van der Waals surface area contributed by atoms with E-state index in [4.69, 9.17) is 0 Å². The van der Waals surface area contributed by atoms with Crippen LogP contribution in [0.2, 0.25) is 0 Å². The summed E-state index contributed by atoms with van der Waals surface area (Å²) in [6.45, 7) is 1.74. The zero-order chi connectivity index (χ0) is 16.4. The Labute approximate surface area is 132 Å². The number of aromatic nitrogens is 2. The largest absolute Gasteiger partial charge is 0.417 e. The third-order valence-electron chi connectivity index (χ3n) is 3.86. The van der Waals surface area contributed by atoms with Gasteiger partial charge in [0.1, 0.15) is 5.82 Å². The standard InChI is InChI=1S/C16H17F3N4/c1-23-7-3-2-6-21-15-14(23)5-4-13(22-15)11-8-12(10-20-9-11)16(17,18)19/h4-5,8-10H,2-3,6-7H2,1H3,(H,21,22). The third-order valence-corrected chi connectivity index (χ3v) is 3.86. The van der Waals surface area contributed by atoms with Crippen molar-refractivity contribution in [2.75, 3.05) is 30.4 Å². The van der Waals surface area contributed by atoms with Gasteiger partial charge in [-0.2, -0.15) is 13.2 Å². The van der Waals surface area contributed by atoms with Gasteiger partial charge in [-0.15, -0.1) is 0 Å². The van der Waals surface area contributed by atoms with Gasteiger partial charge >= 0.3 is 6.18 Å². The fraction of sp³-hybridized carbons (Fsp3) is 0.375. The van der Waals surface area contributed by atoms with Crippen LogP contribution >= 0.6 is 0 Å². The topological polar surface area (TPSA) is 41.0 Å². The molecule has 122 valence electrons. The van der Waals surface area contributed by atoms with E-state index in [1.807, 2.05) is 13.1 Å². The molecule has 1 aliphatic heterocycles. The molecule has 4 nitrogen and oxygen atoms in total. The molecule has 0 saturated carbocycles. The first-order valence-electron chi connectivity index (χ1n) is 7.44. The lowest BCUT2D eigenvalue weighted by molar-refractivity contribution is -0.137. The lowest BCUT2D eigenvalue weighted by Crippen LogP contribution is -2.24. The molecular formula is C16H17F3N4. The predicted molar refractivity (Wildman–Crippen MR) is 83.5 cm³/mol. The highest BCUT2D eigenvalue weighted by Crippen LogP contribution is 2.33. The molecule has 0 spiro atoms. The monoisotopic (exact) mass is 322 g/mol. The molecule has 0 atom stereocenters. The Morgan fingerprint density at radius 3 is 2.78 bits per heavy atom. The second-order valence-electron chi connectivity index (χ2n) is 5.58. The number of hydrogen-bond acceptors (Lipinski definition) is 4. The lowest BCUT2D eigenvalue weighted by atomic mass is 10.1. The molecule has 2 aromatic heterocycles. The van der Waals surface area contributed by atoms with Crippen LogP contribution in [0, 0.1) is 0 Å². The number of rotatable bonds is 1. The average molecular weight is 322 g/mol. The molecule has 0 aliphatic carbocycles. The van der Waals surface area contributed by atoms with Crippen LogP contribution < -0.4 is 10.2 Å². The van der Waals surface area contributed by atoms with Crippen molar-refractivity contribution in [3.05, 3.63) is 36.2 Å². The normalized spacial score (nSPS) is 15.4. The molecular weight excluding hydrogens is 305 g/mol. The van der Waals surface area contributed by atoms with Crippen molar-refractivity contribution in [1.29, 1.82) is 0 Å². The summed E-state index contributed by atoms with van der Waals surface area (Å²) in [4.78, 5) is 10.3. The molecule has 0 fully saturated rings. The first-order chi connectivity index (χ1) is 10.9. The van der Waals surface area contributed by atoms with E-state index >= 15 is 0 Å². The van der Waals surface area contributed by atoms with Gasteiger partial charge in [-0.05, 0) is 31.0 Å². The van der Waals surface area contributed by atoms with E-state index in [0.717, 1.165) is 43.9 Å². The van der Waals surface area contributed by atoms with Crippen LogP contribution in [0.5, 0.6) is 0 Å². The van der Waals surface area contributed by atoms with Crippen LogP contribution in [0.1, 0.15) is 18.4 Å². The van der Waals surface area contributed by atoms with Gasteiger partial charge < -0.3 is 10.2 Å². The highest BCUT2D eigenvalue weighted by molar-refractivity contribution is 5.71. The van der Waals surface area contributed by atoms with Gasteiger partial charge in [0.15, 0.2) is 0 Å². The van der Waals surface area contributed by atoms with Crippen molar-refractivity contribution < 1.29 is 13.2 Å². The Hall–Kier alpha value is -2.31. The number of alkyl halides is 3. The zero-order valence-corrected chi connectivity index (χ0v) is 12.7. The first kappa shape index (κ1) is 15.6. The third kappa shape index (κ3) is 3.38. The average Bonchev–Trinajstić information content (AvgIpc) is 2.51. The van der Waals surface area contributed by atoms with Crippen LogP contribution in [0.25, 0.3) is 11.3 Å². The van der Waals surface area contributed by atoms with Gasteiger partial charge in [0.05, 0.1) is 16.9 Å². The van der Waals surface area contributed by atoms with Crippen molar-refractivity contribution in [2.45, 2.75) is 19.0 Å². The smallest absolute Gasteiger partial charge is 0.372 e. The minimum absolute atomic E-state index is 0.356. The maximum absolute atomic E-state index is 12.8. The number of halogens is 3. The minimum Gasteiger partial charge on any atom is -0.372 e. The molecule has 0 bridgehead atoms. The molecule has 0 aromatic carbocycles. The highest BCUT2D eigenvalue weighted by Gasteiger charge is 2.31. The molecule has 0 saturated heterocycles. The first-order valence-corrected chi connectivity index (χ1v) is 7.44. The molecule has 3 heterocycles. The number of pyridine rings is 2. The van der Waals surface area contributed by atoms with E-state index in [1.54, 1.807) is 6.07 Å². The van der Waals surface area contributed by atoms with Gasteiger partial charge in [-0.25, -0.2) is 4.98 Å². The van der Waals surface area contributed by atoms with Crippen LogP contribution in [-0.4, -0.2) is 30.1 Å². The Morgan fingerprint density at radius 2 is 2.00 bits per heavy atom. The quantitative estimate of drug-likeness (QED) is 0.867. The fourth-order valence-electron chi connectivity index (χ4n) is 2.59. The van der Waals surface area contributed by atoms with Crippen LogP contribution in [0.3, 0.4) is 0 Å².